The molecule has 2 aliphatic rings. The molecule has 0 aromatic rings. The van der Waals surface area contributed by atoms with Crippen LogP contribution in [0, 0.1) is 22.7 Å². The standard InChI is InChI=1S/C16H24O4/c1-15-8-4-9-16(2,14(19)20-3)13(15)6-5-12(18)11(15)7-10-17/h10-11,13H,4-9H2,1-3H3/t11-,13?,15+,16-/m0/s1. The number of carbonyl (C=O) groups excluding carboxylic acids is 3. The highest BCUT2D eigenvalue weighted by atomic mass is 16.5. The number of methoxy groups -OCH3 is 1. The van der Waals surface area contributed by atoms with E-state index in [4.69, 9.17) is 4.74 Å². The maximum Gasteiger partial charge on any atom is 0.311 e. The Morgan fingerprint density at radius 3 is 2.70 bits per heavy atom. The van der Waals surface area contributed by atoms with Crippen LogP contribution in [0.5, 0.6) is 0 Å². The highest BCUT2D eigenvalue weighted by Gasteiger charge is 2.58. The van der Waals surface area contributed by atoms with Gasteiger partial charge < -0.3 is 9.53 Å². The molecule has 0 aromatic carbocycles. The summed E-state index contributed by atoms with van der Waals surface area (Å²) in [5.74, 6) is -0.0977. The molecule has 0 aromatic heterocycles. The third kappa shape index (κ3) is 2.09. The molecule has 4 atom stereocenters. The fourth-order valence-corrected chi connectivity index (χ4v) is 4.78. The normalized spacial score (nSPS) is 40.9. The lowest BCUT2D eigenvalue weighted by Crippen LogP contribution is -2.55. The quantitative estimate of drug-likeness (QED) is 0.589. The summed E-state index contributed by atoms with van der Waals surface area (Å²) in [6.45, 7) is 4.05. The van der Waals surface area contributed by atoms with E-state index in [0.717, 1.165) is 32.0 Å². The van der Waals surface area contributed by atoms with Crippen LogP contribution in [0.3, 0.4) is 0 Å². The molecule has 2 saturated carbocycles. The largest absolute Gasteiger partial charge is 0.469 e. The van der Waals surface area contributed by atoms with Crippen LogP contribution in [0.4, 0.5) is 0 Å². The van der Waals surface area contributed by atoms with Gasteiger partial charge in [0.15, 0.2) is 0 Å². The first-order chi connectivity index (χ1) is 9.40. The number of fused-ring (bicyclic) bond motifs is 1. The number of rotatable bonds is 3. The van der Waals surface area contributed by atoms with Gasteiger partial charge >= 0.3 is 5.97 Å². The van der Waals surface area contributed by atoms with E-state index in [1.165, 1.54) is 7.11 Å². The second-order valence-corrected chi connectivity index (χ2v) is 6.78. The molecule has 0 heterocycles. The molecule has 0 N–H and O–H groups in total. The van der Waals surface area contributed by atoms with Crippen molar-refractivity contribution in [1.82, 2.24) is 0 Å². The van der Waals surface area contributed by atoms with Crippen LogP contribution in [0.2, 0.25) is 0 Å². The average molecular weight is 280 g/mol. The average Bonchev–Trinajstić information content (AvgIpc) is 2.41. The van der Waals surface area contributed by atoms with Crippen LogP contribution in [0.25, 0.3) is 0 Å². The molecule has 2 fully saturated rings. The van der Waals surface area contributed by atoms with Gasteiger partial charge in [-0.3, -0.25) is 9.59 Å². The molecule has 4 nitrogen and oxygen atoms in total. The Kier molecular flexibility index (Phi) is 4.03. The van der Waals surface area contributed by atoms with E-state index < -0.39 is 5.41 Å². The molecule has 1 unspecified atom stereocenters. The van der Waals surface area contributed by atoms with Crippen LogP contribution in [0.1, 0.15) is 52.4 Å². The van der Waals surface area contributed by atoms with Gasteiger partial charge in [0.2, 0.25) is 0 Å². The lowest BCUT2D eigenvalue weighted by molar-refractivity contribution is -0.173. The minimum atomic E-state index is -0.524. The van der Waals surface area contributed by atoms with Crippen molar-refractivity contribution in [3.63, 3.8) is 0 Å². The molecule has 20 heavy (non-hydrogen) atoms. The number of carbonyl (C=O) groups is 3. The van der Waals surface area contributed by atoms with Crippen LogP contribution >= 0.6 is 0 Å². The number of aldehydes is 1. The summed E-state index contributed by atoms with van der Waals surface area (Å²) in [6.07, 6.45) is 4.96. The number of ether oxygens (including phenoxy) is 1. The molecule has 112 valence electrons. The molecule has 0 saturated heterocycles. The number of Topliss-reactive ketones (excluding diaryl/α,β-unsaturated/α-hetero) is 1. The molecule has 0 aliphatic heterocycles. The zero-order valence-electron chi connectivity index (χ0n) is 12.6. The minimum absolute atomic E-state index is 0.124. The molecule has 2 rings (SSSR count). The Balaban J connectivity index is 2.40. The zero-order chi connectivity index (χ0) is 15.0. The van der Waals surface area contributed by atoms with Crippen LogP contribution < -0.4 is 0 Å². The first-order valence-corrected chi connectivity index (χ1v) is 7.45. The summed E-state index contributed by atoms with van der Waals surface area (Å²) in [7, 11) is 1.43. The van der Waals surface area contributed by atoms with E-state index >= 15 is 0 Å². The fourth-order valence-electron chi connectivity index (χ4n) is 4.78. The summed E-state index contributed by atoms with van der Waals surface area (Å²) in [6, 6.07) is 0. The maximum absolute atomic E-state index is 12.3. The predicted molar refractivity (Wildman–Crippen MR) is 74.0 cm³/mol. The highest BCUT2D eigenvalue weighted by molar-refractivity contribution is 5.86. The first-order valence-electron chi connectivity index (χ1n) is 7.45. The third-order valence-corrected chi connectivity index (χ3v) is 5.82. The van der Waals surface area contributed by atoms with E-state index in [1.54, 1.807) is 0 Å². The molecular formula is C16H24O4. The van der Waals surface area contributed by atoms with E-state index in [9.17, 15) is 14.4 Å². The highest BCUT2D eigenvalue weighted by Crippen LogP contribution is 2.60. The van der Waals surface area contributed by atoms with Crippen molar-refractivity contribution in [1.29, 1.82) is 0 Å². The van der Waals surface area contributed by atoms with Gasteiger partial charge in [-0.1, -0.05) is 13.3 Å². The van der Waals surface area contributed by atoms with E-state index in [2.05, 4.69) is 6.92 Å². The van der Waals surface area contributed by atoms with Gasteiger partial charge in [0.05, 0.1) is 12.5 Å². The van der Waals surface area contributed by atoms with Crippen molar-refractivity contribution in [2.75, 3.05) is 7.11 Å². The monoisotopic (exact) mass is 280 g/mol. The van der Waals surface area contributed by atoms with Crippen LogP contribution in [0.15, 0.2) is 0 Å². The smallest absolute Gasteiger partial charge is 0.311 e. The first kappa shape index (κ1) is 15.2. The second-order valence-electron chi connectivity index (χ2n) is 6.78. The van der Waals surface area contributed by atoms with E-state index in [0.29, 0.717) is 6.42 Å². The second kappa shape index (κ2) is 5.30. The Morgan fingerprint density at radius 1 is 1.40 bits per heavy atom. The van der Waals surface area contributed by atoms with E-state index in [1.807, 2.05) is 6.92 Å². The lowest BCUT2D eigenvalue weighted by atomic mass is 9.47. The Morgan fingerprint density at radius 2 is 2.10 bits per heavy atom. The molecule has 0 radical (unpaired) electrons. The predicted octanol–water partition coefficient (Wildman–Crippen LogP) is 2.54. The summed E-state index contributed by atoms with van der Waals surface area (Å²) < 4.78 is 5.02. The van der Waals surface area contributed by atoms with Crippen molar-refractivity contribution in [3.05, 3.63) is 0 Å². The van der Waals surface area contributed by atoms with Gasteiger partial charge in [-0.25, -0.2) is 0 Å². The summed E-state index contributed by atoms with van der Waals surface area (Å²) in [5, 5.41) is 0. The van der Waals surface area contributed by atoms with Crippen molar-refractivity contribution in [2.45, 2.75) is 52.4 Å². The molecule has 2 aliphatic carbocycles. The summed E-state index contributed by atoms with van der Waals surface area (Å²) >= 11 is 0. The SMILES string of the molecule is COC(=O)[C@@]1(C)CCC[C@@]2(C)C1CCC(=O)[C@@H]2CC=O. The number of esters is 1. The van der Waals surface area contributed by atoms with Gasteiger partial charge in [0, 0.05) is 18.8 Å². The summed E-state index contributed by atoms with van der Waals surface area (Å²) in [5.41, 5.74) is -0.777. The van der Waals surface area contributed by atoms with Crippen molar-refractivity contribution >= 4 is 18.0 Å². The lowest BCUT2D eigenvalue weighted by Gasteiger charge is -2.55. The van der Waals surface area contributed by atoms with Crippen molar-refractivity contribution in [3.8, 4) is 0 Å². The topological polar surface area (TPSA) is 60.4 Å². The fraction of sp³-hybridized carbons (Fsp3) is 0.812. The van der Waals surface area contributed by atoms with Gasteiger partial charge in [-0.05, 0) is 37.5 Å². The summed E-state index contributed by atoms with van der Waals surface area (Å²) in [4.78, 5) is 35.4. The molecular weight excluding hydrogens is 256 g/mol. The zero-order valence-corrected chi connectivity index (χ0v) is 12.6. The molecule has 0 spiro atoms. The number of hydrogen-bond acceptors (Lipinski definition) is 4. The van der Waals surface area contributed by atoms with Crippen molar-refractivity contribution < 1.29 is 19.1 Å². The van der Waals surface area contributed by atoms with E-state index in [-0.39, 0.29) is 35.4 Å². The number of ketones is 1. The molecule has 4 heteroatoms. The van der Waals surface area contributed by atoms with Crippen molar-refractivity contribution in [2.24, 2.45) is 22.7 Å². The maximum atomic E-state index is 12.3. The minimum Gasteiger partial charge on any atom is -0.469 e. The Hall–Kier alpha value is -1.19. The third-order valence-electron chi connectivity index (χ3n) is 5.82. The number of hydrogen-bond donors (Lipinski definition) is 0. The molecule has 0 bridgehead atoms. The van der Waals surface area contributed by atoms with Gasteiger partial charge in [0.25, 0.3) is 0 Å². The van der Waals surface area contributed by atoms with Gasteiger partial charge in [-0.2, -0.15) is 0 Å². The van der Waals surface area contributed by atoms with Crippen LogP contribution in [-0.4, -0.2) is 25.1 Å². The Bertz CT molecular complexity index is 430. The van der Waals surface area contributed by atoms with Crippen LogP contribution in [-0.2, 0) is 19.1 Å². The van der Waals surface area contributed by atoms with Gasteiger partial charge in [-0.15, -0.1) is 0 Å². The van der Waals surface area contributed by atoms with Gasteiger partial charge in [0.1, 0.15) is 12.1 Å². The molecule has 0 amide bonds. The Labute approximate surface area is 120 Å².